The Morgan fingerprint density at radius 1 is 1.22 bits per heavy atom. The highest BCUT2D eigenvalue weighted by molar-refractivity contribution is 7.80. The van der Waals surface area contributed by atoms with Crippen LogP contribution in [0.2, 0.25) is 0 Å². The van der Waals surface area contributed by atoms with Crippen molar-refractivity contribution in [3.8, 4) is 5.75 Å². The second-order valence-corrected chi connectivity index (χ2v) is 10.3. The Balaban J connectivity index is 1.75. The molecule has 6 nitrogen and oxygen atoms in total. The van der Waals surface area contributed by atoms with Crippen LogP contribution in [0.15, 0.2) is 42.0 Å². The van der Waals surface area contributed by atoms with Crippen LogP contribution < -0.4 is 19.9 Å². The number of thiocarbonyl (C=S) groups is 1. The summed E-state index contributed by atoms with van der Waals surface area (Å²) in [6.07, 6.45) is 3.18. The summed E-state index contributed by atoms with van der Waals surface area (Å²) in [7, 11) is 0. The molecule has 0 saturated carbocycles. The average Bonchev–Trinajstić information content (AvgIpc) is 2.80. The summed E-state index contributed by atoms with van der Waals surface area (Å²) in [6.45, 7) is 11.7. The molecular weight excluding hydrogens is 477 g/mol. The van der Waals surface area contributed by atoms with Crippen LogP contribution in [0.3, 0.4) is 0 Å². The lowest BCUT2D eigenvalue weighted by Gasteiger charge is -2.47. The van der Waals surface area contributed by atoms with E-state index in [0.29, 0.717) is 18.0 Å². The summed E-state index contributed by atoms with van der Waals surface area (Å²) >= 11 is 5.29. The lowest BCUT2D eigenvalue weighted by Crippen LogP contribution is -2.54. The van der Waals surface area contributed by atoms with Crippen LogP contribution in [-0.2, 0) is 9.59 Å². The number of nitrogens with zero attached hydrogens (tertiary/aromatic N) is 2. The quantitative estimate of drug-likeness (QED) is 0.314. The summed E-state index contributed by atoms with van der Waals surface area (Å²) in [6, 6.07) is 10.2. The van der Waals surface area contributed by atoms with E-state index in [9.17, 15) is 9.59 Å². The fourth-order valence-corrected chi connectivity index (χ4v) is 5.49. The molecule has 2 aliphatic heterocycles. The van der Waals surface area contributed by atoms with Crippen LogP contribution in [0.25, 0.3) is 6.08 Å². The topological polar surface area (TPSA) is 61.9 Å². The van der Waals surface area contributed by atoms with Gasteiger partial charge in [-0.05, 0) is 87.7 Å². The molecular formula is C28H32FN3O3S. The number of halogens is 1. The molecule has 2 aliphatic rings. The monoisotopic (exact) mass is 509 g/mol. The third-order valence-corrected chi connectivity index (χ3v) is 7.02. The molecule has 190 valence electrons. The lowest BCUT2D eigenvalue weighted by atomic mass is 9.79. The first kappa shape index (κ1) is 25.8. The minimum Gasteiger partial charge on any atom is -0.494 e. The molecule has 2 aromatic rings. The Morgan fingerprint density at radius 3 is 2.67 bits per heavy atom. The zero-order chi connectivity index (χ0) is 26.2. The van der Waals surface area contributed by atoms with Gasteiger partial charge in [-0.1, -0.05) is 19.9 Å². The van der Waals surface area contributed by atoms with E-state index in [1.165, 1.54) is 17.0 Å². The van der Waals surface area contributed by atoms with Crippen molar-refractivity contribution in [2.75, 3.05) is 23.0 Å². The molecule has 1 atom stereocenters. The van der Waals surface area contributed by atoms with Crippen molar-refractivity contribution < 1.29 is 18.7 Å². The molecule has 1 N–H and O–H groups in total. The number of carbonyl (C=O) groups excluding carboxylic acids is 2. The molecule has 0 spiro atoms. The fraction of sp³-hybridized carbons (Fsp3) is 0.393. The van der Waals surface area contributed by atoms with Gasteiger partial charge < -0.3 is 9.64 Å². The maximum atomic E-state index is 15.4. The summed E-state index contributed by atoms with van der Waals surface area (Å²) in [5.74, 6) is -0.979. The summed E-state index contributed by atoms with van der Waals surface area (Å²) in [5, 5.41) is 2.53. The highest BCUT2D eigenvalue weighted by Crippen LogP contribution is 2.44. The van der Waals surface area contributed by atoms with Crippen LogP contribution in [0.5, 0.6) is 5.75 Å². The second kappa shape index (κ2) is 10.0. The SMILES string of the molecule is CCCN1c2cc(F)c(/C=C3/C(=O)NC(=S)N(c4cccc(OCC)c4)C3=O)cc2C(C)CC1(C)C. The number of nitrogens with one attached hydrogen (secondary N) is 1. The first-order chi connectivity index (χ1) is 17.1. The highest BCUT2D eigenvalue weighted by Gasteiger charge is 2.38. The number of hydrogen-bond acceptors (Lipinski definition) is 5. The van der Waals surface area contributed by atoms with Crippen molar-refractivity contribution in [2.45, 2.75) is 58.9 Å². The second-order valence-electron chi connectivity index (χ2n) is 9.89. The van der Waals surface area contributed by atoms with Gasteiger partial charge >= 0.3 is 0 Å². The predicted molar refractivity (Wildman–Crippen MR) is 145 cm³/mol. The molecule has 8 heteroatoms. The Kier molecular flexibility index (Phi) is 7.18. The third-order valence-electron chi connectivity index (χ3n) is 6.74. The molecule has 2 heterocycles. The molecule has 0 bridgehead atoms. The minimum atomic E-state index is -0.652. The normalized spacial score (nSPS) is 20.4. The average molecular weight is 510 g/mol. The van der Waals surface area contributed by atoms with Gasteiger partial charge in [-0.2, -0.15) is 0 Å². The minimum absolute atomic E-state index is 0.0345. The molecule has 36 heavy (non-hydrogen) atoms. The van der Waals surface area contributed by atoms with Crippen molar-refractivity contribution in [2.24, 2.45) is 0 Å². The van der Waals surface area contributed by atoms with Crippen molar-refractivity contribution in [3.63, 3.8) is 0 Å². The Labute approximate surface area is 217 Å². The zero-order valence-electron chi connectivity index (χ0n) is 21.4. The van der Waals surface area contributed by atoms with Crippen LogP contribution in [-0.4, -0.2) is 35.6 Å². The number of ether oxygens (including phenoxy) is 1. The van der Waals surface area contributed by atoms with E-state index >= 15 is 4.39 Å². The lowest BCUT2D eigenvalue weighted by molar-refractivity contribution is -0.122. The van der Waals surface area contributed by atoms with Crippen LogP contribution in [0.4, 0.5) is 15.8 Å². The number of anilines is 2. The van der Waals surface area contributed by atoms with Gasteiger partial charge in [-0.25, -0.2) is 4.39 Å². The van der Waals surface area contributed by atoms with E-state index in [1.807, 2.05) is 6.92 Å². The number of benzene rings is 2. The van der Waals surface area contributed by atoms with Gasteiger partial charge in [0.15, 0.2) is 5.11 Å². The maximum Gasteiger partial charge on any atom is 0.270 e. The van der Waals surface area contributed by atoms with Crippen molar-refractivity contribution in [1.29, 1.82) is 0 Å². The first-order valence-corrected chi connectivity index (χ1v) is 12.7. The maximum absolute atomic E-state index is 15.4. The molecule has 0 aromatic heterocycles. The highest BCUT2D eigenvalue weighted by atomic mass is 32.1. The number of hydrogen-bond donors (Lipinski definition) is 1. The Bertz CT molecular complexity index is 1260. The van der Waals surface area contributed by atoms with Crippen molar-refractivity contribution in [1.82, 2.24) is 5.32 Å². The molecule has 1 saturated heterocycles. The Hall–Kier alpha value is -3.26. The smallest absolute Gasteiger partial charge is 0.270 e. The van der Waals surface area contributed by atoms with Gasteiger partial charge in [0.2, 0.25) is 0 Å². The largest absolute Gasteiger partial charge is 0.494 e. The number of fused-ring (bicyclic) bond motifs is 1. The fourth-order valence-electron chi connectivity index (χ4n) is 5.20. The van der Waals surface area contributed by atoms with Gasteiger partial charge in [0.05, 0.1) is 12.3 Å². The molecule has 4 rings (SSSR count). The van der Waals surface area contributed by atoms with E-state index in [0.717, 1.165) is 30.6 Å². The number of rotatable bonds is 6. The molecule has 1 unspecified atom stereocenters. The van der Waals surface area contributed by atoms with E-state index in [4.69, 9.17) is 17.0 Å². The van der Waals surface area contributed by atoms with Gasteiger partial charge in [0.1, 0.15) is 17.1 Å². The van der Waals surface area contributed by atoms with Gasteiger partial charge in [-0.3, -0.25) is 19.8 Å². The number of amides is 2. The van der Waals surface area contributed by atoms with E-state index in [1.54, 1.807) is 30.3 Å². The summed E-state index contributed by atoms with van der Waals surface area (Å²) < 4.78 is 21.0. The van der Waals surface area contributed by atoms with Crippen molar-refractivity contribution in [3.05, 3.63) is 58.9 Å². The predicted octanol–water partition coefficient (Wildman–Crippen LogP) is 5.56. The van der Waals surface area contributed by atoms with E-state index in [-0.39, 0.29) is 27.7 Å². The van der Waals surface area contributed by atoms with Crippen LogP contribution in [0, 0.1) is 5.82 Å². The van der Waals surface area contributed by atoms with E-state index < -0.39 is 17.6 Å². The third kappa shape index (κ3) is 4.74. The first-order valence-electron chi connectivity index (χ1n) is 12.3. The zero-order valence-corrected chi connectivity index (χ0v) is 22.2. The van der Waals surface area contributed by atoms with Crippen LogP contribution in [0.1, 0.15) is 64.5 Å². The van der Waals surface area contributed by atoms with Crippen molar-refractivity contribution >= 4 is 46.6 Å². The molecule has 2 aromatic carbocycles. The van der Waals surface area contributed by atoms with Gasteiger partial charge in [0, 0.05) is 29.4 Å². The van der Waals surface area contributed by atoms with Crippen LogP contribution >= 0.6 is 12.2 Å². The Morgan fingerprint density at radius 2 is 1.97 bits per heavy atom. The summed E-state index contributed by atoms with van der Waals surface area (Å²) in [5.41, 5.74) is 2.26. The molecule has 2 amide bonds. The summed E-state index contributed by atoms with van der Waals surface area (Å²) in [4.78, 5) is 29.7. The van der Waals surface area contributed by atoms with E-state index in [2.05, 4.69) is 37.9 Å². The standard InChI is InChI=1S/C28H32FN3O3S/c1-6-11-31-24-15-23(29)18(12-21(24)17(3)16-28(31,4)5)13-22-25(33)30-27(36)32(26(22)34)19-9-8-10-20(14-19)35-7-2/h8-10,12-15,17H,6-7,11,16H2,1-5H3,(H,30,33,36)/b22-13-. The molecule has 1 fully saturated rings. The number of carbonyl (C=O) groups is 2. The molecule has 0 radical (unpaired) electrons. The van der Waals surface area contributed by atoms with Gasteiger partial charge in [-0.15, -0.1) is 0 Å². The molecule has 0 aliphatic carbocycles. The van der Waals surface area contributed by atoms with Gasteiger partial charge in [0.25, 0.3) is 11.8 Å².